The van der Waals surface area contributed by atoms with Crippen LogP contribution in [-0.4, -0.2) is 29.5 Å². The Balaban J connectivity index is 1.41. The van der Waals surface area contributed by atoms with Gasteiger partial charge in [-0.15, -0.1) is 22.7 Å². The molecule has 2 aromatic heterocycles. The van der Waals surface area contributed by atoms with Crippen molar-refractivity contribution in [2.24, 2.45) is 0 Å². The smallest absolute Gasteiger partial charge is 0.180 e. The van der Waals surface area contributed by atoms with Crippen LogP contribution in [0.1, 0.15) is 16.1 Å². The second kappa shape index (κ2) is 6.43. The van der Waals surface area contributed by atoms with Gasteiger partial charge in [0, 0.05) is 35.6 Å². The fraction of sp³-hybridized carbons (Fsp3) is 0.278. The molecule has 23 heavy (non-hydrogen) atoms. The van der Waals surface area contributed by atoms with Crippen molar-refractivity contribution in [1.29, 1.82) is 0 Å². The van der Waals surface area contributed by atoms with E-state index >= 15 is 0 Å². The molecule has 0 spiro atoms. The second-order valence-corrected chi connectivity index (χ2v) is 7.84. The van der Waals surface area contributed by atoms with E-state index in [1.165, 1.54) is 26.2 Å². The van der Waals surface area contributed by atoms with Crippen molar-refractivity contribution in [3.8, 4) is 0 Å². The highest BCUT2D eigenvalue weighted by Gasteiger charge is 2.16. The van der Waals surface area contributed by atoms with Crippen LogP contribution >= 0.6 is 22.7 Å². The first-order chi connectivity index (χ1) is 11.3. The summed E-state index contributed by atoms with van der Waals surface area (Å²) in [5, 5.41) is 4.21. The third-order valence-electron chi connectivity index (χ3n) is 4.29. The molecule has 3 heterocycles. The van der Waals surface area contributed by atoms with Gasteiger partial charge in [-0.1, -0.05) is 30.4 Å². The van der Waals surface area contributed by atoms with Crippen molar-refractivity contribution in [1.82, 2.24) is 9.88 Å². The fourth-order valence-corrected chi connectivity index (χ4v) is 4.85. The molecule has 1 aliphatic heterocycles. The summed E-state index contributed by atoms with van der Waals surface area (Å²) in [7, 11) is 0. The molecule has 0 radical (unpaired) electrons. The van der Waals surface area contributed by atoms with Crippen LogP contribution in [0.2, 0.25) is 0 Å². The van der Waals surface area contributed by atoms with Crippen LogP contribution < -0.4 is 5.73 Å². The number of nitrogens with zero attached hydrogens (tertiary/aromatic N) is 2. The molecule has 3 nitrogen and oxygen atoms in total. The summed E-state index contributed by atoms with van der Waals surface area (Å²) in [6.45, 7) is 3.14. The third-order valence-corrected chi connectivity index (χ3v) is 6.25. The SMILES string of the molecule is Nc1nc2c(s1)CCN(CC=Cc1cccc3ccsc13)CC2. The number of nitrogen functional groups attached to an aromatic ring is 1. The Kier molecular flexibility index (Phi) is 4.16. The molecular formula is C18H19N3S2. The standard InChI is InChI=1S/C18H19N3S2/c19-18-20-15-6-10-21(11-7-16(15)23-18)9-2-5-13-3-1-4-14-8-12-22-17(13)14/h1-5,8,12H,6-7,9-11H2,(H2,19,20). The number of fused-ring (bicyclic) bond motifs is 2. The van der Waals surface area contributed by atoms with E-state index in [9.17, 15) is 0 Å². The van der Waals surface area contributed by atoms with Gasteiger partial charge >= 0.3 is 0 Å². The van der Waals surface area contributed by atoms with Gasteiger partial charge in [-0.05, 0) is 28.8 Å². The number of thiazole rings is 1. The van der Waals surface area contributed by atoms with Crippen molar-refractivity contribution >= 4 is 44.0 Å². The fourth-order valence-electron chi connectivity index (χ4n) is 3.09. The average Bonchev–Trinajstić information content (AvgIpc) is 3.12. The minimum absolute atomic E-state index is 0.715. The van der Waals surface area contributed by atoms with E-state index in [2.05, 4.69) is 51.7 Å². The molecule has 0 fully saturated rings. The normalized spacial score (nSPS) is 16.0. The minimum Gasteiger partial charge on any atom is -0.375 e. The van der Waals surface area contributed by atoms with Gasteiger partial charge in [-0.2, -0.15) is 0 Å². The molecule has 2 N–H and O–H groups in total. The van der Waals surface area contributed by atoms with Crippen molar-refractivity contribution in [2.45, 2.75) is 12.8 Å². The molecular weight excluding hydrogens is 322 g/mol. The van der Waals surface area contributed by atoms with E-state index in [0.717, 1.165) is 32.5 Å². The first kappa shape index (κ1) is 14.9. The van der Waals surface area contributed by atoms with Gasteiger partial charge in [0.2, 0.25) is 0 Å². The number of anilines is 1. The van der Waals surface area contributed by atoms with E-state index in [1.54, 1.807) is 11.3 Å². The number of hydrogen-bond donors (Lipinski definition) is 1. The van der Waals surface area contributed by atoms with E-state index in [4.69, 9.17) is 5.73 Å². The van der Waals surface area contributed by atoms with Gasteiger partial charge in [0.05, 0.1) is 5.69 Å². The Hall–Kier alpha value is -1.69. The molecule has 0 saturated carbocycles. The third kappa shape index (κ3) is 3.17. The van der Waals surface area contributed by atoms with Gasteiger partial charge in [0.1, 0.15) is 0 Å². The predicted octanol–water partition coefficient (Wildman–Crippen LogP) is 4.05. The summed E-state index contributed by atoms with van der Waals surface area (Å²) in [5.41, 5.74) is 8.34. The Morgan fingerprint density at radius 2 is 2.13 bits per heavy atom. The number of thiophene rings is 1. The molecule has 0 atom stereocenters. The zero-order valence-electron chi connectivity index (χ0n) is 12.9. The summed E-state index contributed by atoms with van der Waals surface area (Å²) in [4.78, 5) is 8.32. The molecule has 3 aromatic rings. The lowest BCUT2D eigenvalue weighted by Gasteiger charge is -2.17. The molecule has 0 amide bonds. The second-order valence-electron chi connectivity index (χ2n) is 5.81. The van der Waals surface area contributed by atoms with Crippen LogP contribution in [0.15, 0.2) is 35.7 Å². The van der Waals surface area contributed by atoms with Gasteiger partial charge < -0.3 is 5.73 Å². The summed E-state index contributed by atoms with van der Waals surface area (Å²) < 4.78 is 1.38. The molecule has 1 aliphatic rings. The van der Waals surface area contributed by atoms with Crippen molar-refractivity contribution in [2.75, 3.05) is 25.4 Å². The first-order valence-electron chi connectivity index (χ1n) is 7.89. The molecule has 1 aromatic carbocycles. The maximum atomic E-state index is 5.81. The van der Waals surface area contributed by atoms with Crippen molar-refractivity contribution < 1.29 is 0 Å². The van der Waals surface area contributed by atoms with Gasteiger partial charge in [0.15, 0.2) is 5.13 Å². The Morgan fingerprint density at radius 3 is 3.09 bits per heavy atom. The van der Waals surface area contributed by atoms with E-state index in [0.29, 0.717) is 5.13 Å². The van der Waals surface area contributed by atoms with Crippen LogP contribution in [0.3, 0.4) is 0 Å². The lowest BCUT2D eigenvalue weighted by atomic mass is 10.1. The quantitative estimate of drug-likeness (QED) is 0.781. The summed E-state index contributed by atoms with van der Waals surface area (Å²) in [5.74, 6) is 0. The van der Waals surface area contributed by atoms with E-state index in [1.807, 2.05) is 11.3 Å². The van der Waals surface area contributed by atoms with Crippen LogP contribution in [0.5, 0.6) is 0 Å². The predicted molar refractivity (Wildman–Crippen MR) is 101 cm³/mol. The van der Waals surface area contributed by atoms with E-state index < -0.39 is 0 Å². The topological polar surface area (TPSA) is 42.1 Å². The van der Waals surface area contributed by atoms with Crippen molar-refractivity contribution in [3.05, 3.63) is 51.9 Å². The van der Waals surface area contributed by atoms with Crippen LogP contribution in [-0.2, 0) is 12.8 Å². The Labute approximate surface area is 144 Å². The molecule has 0 unspecified atom stereocenters. The Morgan fingerprint density at radius 1 is 1.22 bits per heavy atom. The zero-order valence-corrected chi connectivity index (χ0v) is 14.5. The number of benzene rings is 1. The lowest BCUT2D eigenvalue weighted by Crippen LogP contribution is -2.26. The number of aromatic nitrogens is 1. The van der Waals surface area contributed by atoms with Crippen LogP contribution in [0.4, 0.5) is 5.13 Å². The highest BCUT2D eigenvalue weighted by atomic mass is 32.1. The highest BCUT2D eigenvalue weighted by Crippen LogP contribution is 2.26. The van der Waals surface area contributed by atoms with Gasteiger partial charge in [-0.25, -0.2) is 4.98 Å². The molecule has 4 rings (SSSR count). The van der Waals surface area contributed by atoms with E-state index in [-0.39, 0.29) is 0 Å². The molecule has 118 valence electrons. The molecule has 0 saturated heterocycles. The molecule has 0 aliphatic carbocycles. The summed E-state index contributed by atoms with van der Waals surface area (Å²) in [6.07, 6.45) is 6.63. The van der Waals surface area contributed by atoms with Crippen LogP contribution in [0, 0.1) is 0 Å². The average molecular weight is 342 g/mol. The minimum atomic E-state index is 0.715. The van der Waals surface area contributed by atoms with Gasteiger partial charge in [0.25, 0.3) is 0 Å². The highest BCUT2D eigenvalue weighted by molar-refractivity contribution is 7.17. The number of hydrogen-bond acceptors (Lipinski definition) is 5. The van der Waals surface area contributed by atoms with Crippen LogP contribution in [0.25, 0.3) is 16.2 Å². The summed E-state index contributed by atoms with van der Waals surface area (Å²) >= 11 is 3.47. The maximum absolute atomic E-state index is 5.81. The zero-order chi connectivity index (χ0) is 15.6. The monoisotopic (exact) mass is 341 g/mol. The Bertz CT molecular complexity index is 821. The summed E-state index contributed by atoms with van der Waals surface area (Å²) in [6, 6.07) is 8.69. The number of nitrogens with two attached hydrogens (primary N) is 1. The first-order valence-corrected chi connectivity index (χ1v) is 9.58. The molecule has 5 heteroatoms. The maximum Gasteiger partial charge on any atom is 0.180 e. The molecule has 0 bridgehead atoms. The number of rotatable bonds is 3. The largest absolute Gasteiger partial charge is 0.375 e. The lowest BCUT2D eigenvalue weighted by molar-refractivity contribution is 0.318. The van der Waals surface area contributed by atoms with Gasteiger partial charge in [-0.3, -0.25) is 4.90 Å². The van der Waals surface area contributed by atoms with Crippen molar-refractivity contribution in [3.63, 3.8) is 0 Å².